The Labute approximate surface area is 143 Å². The predicted octanol–water partition coefficient (Wildman–Crippen LogP) is 4.52. The van der Waals surface area contributed by atoms with Gasteiger partial charge in [0, 0.05) is 24.2 Å². The van der Waals surface area contributed by atoms with E-state index in [9.17, 15) is 9.59 Å². The average Bonchev–Trinajstić information content (AvgIpc) is 2.57. The molecule has 0 aliphatic rings. The van der Waals surface area contributed by atoms with Crippen molar-refractivity contribution in [1.82, 2.24) is 0 Å². The minimum atomic E-state index is 0.0190. The van der Waals surface area contributed by atoms with Gasteiger partial charge in [0.25, 0.3) is 0 Å². The molecule has 2 aromatic carbocycles. The summed E-state index contributed by atoms with van der Waals surface area (Å²) < 4.78 is 0. The van der Waals surface area contributed by atoms with E-state index < -0.39 is 0 Å². The standard InChI is InChI=1S/C20H24N2O2/c1-16-10-8-9-13-18(16)22-20(24)15-7-3-6-14-19(23)21-17-11-4-2-5-12-17/h2,4-5,8-13H,3,6-7,14-15H2,1H3,(H,21,23)(H,22,24). The largest absolute Gasteiger partial charge is 0.326 e. The van der Waals surface area contributed by atoms with E-state index in [1.165, 1.54) is 0 Å². The van der Waals surface area contributed by atoms with Gasteiger partial charge in [-0.05, 0) is 43.5 Å². The number of carbonyl (C=O) groups excluding carboxylic acids is 2. The molecule has 0 aliphatic carbocycles. The van der Waals surface area contributed by atoms with E-state index in [0.29, 0.717) is 12.8 Å². The molecule has 126 valence electrons. The van der Waals surface area contributed by atoms with Gasteiger partial charge in [0.05, 0.1) is 0 Å². The van der Waals surface area contributed by atoms with Crippen molar-refractivity contribution >= 4 is 23.2 Å². The third-order valence-electron chi connectivity index (χ3n) is 3.78. The zero-order valence-corrected chi connectivity index (χ0v) is 14.0. The van der Waals surface area contributed by atoms with Crippen molar-refractivity contribution in [2.75, 3.05) is 10.6 Å². The second-order valence-corrected chi connectivity index (χ2v) is 5.84. The summed E-state index contributed by atoms with van der Waals surface area (Å²) in [7, 11) is 0. The summed E-state index contributed by atoms with van der Waals surface area (Å²) in [6.45, 7) is 1.97. The van der Waals surface area contributed by atoms with Gasteiger partial charge in [0.2, 0.25) is 11.8 Å². The van der Waals surface area contributed by atoms with Crippen LogP contribution in [-0.4, -0.2) is 11.8 Å². The van der Waals surface area contributed by atoms with Gasteiger partial charge >= 0.3 is 0 Å². The quantitative estimate of drug-likeness (QED) is 0.701. The smallest absolute Gasteiger partial charge is 0.224 e. The molecule has 2 N–H and O–H groups in total. The lowest BCUT2D eigenvalue weighted by Gasteiger charge is -2.08. The number of unbranched alkanes of at least 4 members (excludes halogenated alkanes) is 2. The summed E-state index contributed by atoms with van der Waals surface area (Å²) in [4.78, 5) is 23.7. The highest BCUT2D eigenvalue weighted by Gasteiger charge is 2.05. The highest BCUT2D eigenvalue weighted by atomic mass is 16.2. The molecule has 4 heteroatoms. The Kier molecular flexibility index (Phi) is 7.02. The van der Waals surface area contributed by atoms with Crippen LogP contribution in [0.2, 0.25) is 0 Å². The van der Waals surface area contributed by atoms with Crippen LogP contribution in [-0.2, 0) is 9.59 Å². The van der Waals surface area contributed by atoms with Crippen LogP contribution >= 0.6 is 0 Å². The van der Waals surface area contributed by atoms with Gasteiger partial charge in [-0.25, -0.2) is 0 Å². The van der Waals surface area contributed by atoms with E-state index in [1.807, 2.05) is 61.5 Å². The SMILES string of the molecule is Cc1ccccc1NC(=O)CCCCCC(=O)Nc1ccccc1. The Morgan fingerprint density at radius 1 is 0.750 bits per heavy atom. The second-order valence-electron chi connectivity index (χ2n) is 5.84. The number of anilines is 2. The summed E-state index contributed by atoms with van der Waals surface area (Å²) in [5.74, 6) is 0.0450. The molecule has 0 bridgehead atoms. The molecule has 0 fully saturated rings. The first-order valence-corrected chi connectivity index (χ1v) is 8.35. The summed E-state index contributed by atoms with van der Waals surface area (Å²) in [6.07, 6.45) is 3.40. The summed E-state index contributed by atoms with van der Waals surface area (Å²) >= 11 is 0. The first-order chi connectivity index (χ1) is 11.6. The number of aryl methyl sites for hydroxylation is 1. The normalized spacial score (nSPS) is 10.2. The fraction of sp³-hybridized carbons (Fsp3) is 0.300. The van der Waals surface area contributed by atoms with Gasteiger partial charge in [0.1, 0.15) is 0 Å². The number of para-hydroxylation sites is 2. The number of carbonyl (C=O) groups is 2. The Bertz CT molecular complexity index is 668. The van der Waals surface area contributed by atoms with Gasteiger partial charge in [-0.2, -0.15) is 0 Å². The molecule has 0 heterocycles. The molecular weight excluding hydrogens is 300 g/mol. The molecule has 4 nitrogen and oxygen atoms in total. The molecular formula is C20H24N2O2. The first-order valence-electron chi connectivity index (χ1n) is 8.35. The fourth-order valence-corrected chi connectivity index (χ4v) is 2.42. The minimum absolute atomic E-state index is 0.0190. The molecule has 0 aliphatic heterocycles. The molecule has 0 unspecified atom stereocenters. The fourth-order valence-electron chi connectivity index (χ4n) is 2.42. The molecule has 0 saturated carbocycles. The molecule has 0 saturated heterocycles. The number of amides is 2. The van der Waals surface area contributed by atoms with Crippen LogP contribution in [0.5, 0.6) is 0 Å². The summed E-state index contributed by atoms with van der Waals surface area (Å²) in [5.41, 5.74) is 2.74. The third-order valence-corrected chi connectivity index (χ3v) is 3.78. The zero-order valence-electron chi connectivity index (χ0n) is 14.0. The first kappa shape index (κ1) is 17.7. The van der Waals surface area contributed by atoms with Gasteiger partial charge in [-0.1, -0.05) is 42.8 Å². The molecule has 2 amide bonds. The Morgan fingerprint density at radius 2 is 1.33 bits per heavy atom. The average molecular weight is 324 g/mol. The molecule has 2 rings (SSSR count). The van der Waals surface area contributed by atoms with E-state index in [1.54, 1.807) is 0 Å². The van der Waals surface area contributed by atoms with Crippen molar-refractivity contribution in [1.29, 1.82) is 0 Å². The van der Waals surface area contributed by atoms with Crippen LogP contribution in [0.1, 0.15) is 37.7 Å². The van der Waals surface area contributed by atoms with Crippen LogP contribution in [0.15, 0.2) is 54.6 Å². The lowest BCUT2D eigenvalue weighted by atomic mass is 10.1. The second kappa shape index (κ2) is 9.50. The molecule has 0 spiro atoms. The van der Waals surface area contributed by atoms with Gasteiger partial charge < -0.3 is 10.6 Å². The monoisotopic (exact) mass is 324 g/mol. The lowest BCUT2D eigenvalue weighted by Crippen LogP contribution is -2.12. The van der Waals surface area contributed by atoms with E-state index in [4.69, 9.17) is 0 Å². The van der Waals surface area contributed by atoms with Crippen molar-refractivity contribution < 1.29 is 9.59 Å². The van der Waals surface area contributed by atoms with E-state index in [0.717, 1.165) is 36.2 Å². The number of hydrogen-bond donors (Lipinski definition) is 2. The Balaban J connectivity index is 1.58. The van der Waals surface area contributed by atoms with Crippen molar-refractivity contribution in [3.63, 3.8) is 0 Å². The highest BCUT2D eigenvalue weighted by Crippen LogP contribution is 2.14. The maximum atomic E-state index is 11.9. The highest BCUT2D eigenvalue weighted by molar-refractivity contribution is 5.91. The van der Waals surface area contributed by atoms with Crippen LogP contribution in [0.25, 0.3) is 0 Å². The molecule has 0 radical (unpaired) electrons. The van der Waals surface area contributed by atoms with Crippen LogP contribution in [0.4, 0.5) is 11.4 Å². The zero-order chi connectivity index (χ0) is 17.2. The summed E-state index contributed by atoms with van der Waals surface area (Å²) in [5, 5.41) is 5.79. The van der Waals surface area contributed by atoms with Crippen molar-refractivity contribution in [3.8, 4) is 0 Å². The third kappa shape index (κ3) is 6.24. The predicted molar refractivity (Wildman–Crippen MR) is 98.0 cm³/mol. The van der Waals surface area contributed by atoms with Gasteiger partial charge in [0.15, 0.2) is 0 Å². The Hall–Kier alpha value is -2.62. The van der Waals surface area contributed by atoms with E-state index in [2.05, 4.69) is 10.6 Å². The molecule has 0 atom stereocenters. The van der Waals surface area contributed by atoms with Crippen molar-refractivity contribution in [2.24, 2.45) is 0 Å². The number of nitrogens with one attached hydrogen (secondary N) is 2. The maximum Gasteiger partial charge on any atom is 0.224 e. The molecule has 24 heavy (non-hydrogen) atoms. The molecule has 0 aromatic heterocycles. The number of hydrogen-bond acceptors (Lipinski definition) is 2. The maximum absolute atomic E-state index is 11.9. The van der Waals surface area contributed by atoms with Crippen molar-refractivity contribution in [3.05, 3.63) is 60.2 Å². The Morgan fingerprint density at radius 3 is 2.00 bits per heavy atom. The minimum Gasteiger partial charge on any atom is -0.326 e. The number of benzene rings is 2. The number of rotatable bonds is 8. The van der Waals surface area contributed by atoms with Gasteiger partial charge in [-0.15, -0.1) is 0 Å². The lowest BCUT2D eigenvalue weighted by molar-refractivity contribution is -0.116. The van der Waals surface area contributed by atoms with Crippen LogP contribution < -0.4 is 10.6 Å². The topological polar surface area (TPSA) is 58.2 Å². The van der Waals surface area contributed by atoms with E-state index >= 15 is 0 Å². The van der Waals surface area contributed by atoms with E-state index in [-0.39, 0.29) is 11.8 Å². The van der Waals surface area contributed by atoms with Crippen LogP contribution in [0.3, 0.4) is 0 Å². The van der Waals surface area contributed by atoms with Crippen molar-refractivity contribution in [2.45, 2.75) is 39.0 Å². The van der Waals surface area contributed by atoms with Crippen LogP contribution in [0, 0.1) is 6.92 Å². The van der Waals surface area contributed by atoms with Gasteiger partial charge in [-0.3, -0.25) is 9.59 Å². The molecule has 2 aromatic rings. The summed E-state index contributed by atoms with van der Waals surface area (Å²) in [6, 6.07) is 17.2.